The van der Waals surface area contributed by atoms with Crippen molar-refractivity contribution in [2.24, 2.45) is 0 Å². The number of rotatable bonds is 5. The number of likely N-dealkylation sites (tertiary alicyclic amines) is 1. The monoisotopic (exact) mass is 411 g/mol. The summed E-state index contributed by atoms with van der Waals surface area (Å²) in [6.07, 6.45) is 3.19. The highest BCUT2D eigenvalue weighted by molar-refractivity contribution is 6.06. The minimum Gasteiger partial charge on any atom is -0.497 e. The molecule has 0 bridgehead atoms. The molecule has 3 aliphatic heterocycles. The Morgan fingerprint density at radius 3 is 2.67 bits per heavy atom. The maximum absolute atomic E-state index is 13.6. The summed E-state index contributed by atoms with van der Waals surface area (Å²) >= 11 is 0. The number of carbonyl (C=O) groups excluding carboxylic acids is 2. The quantitative estimate of drug-likeness (QED) is 0.667. The van der Waals surface area contributed by atoms with Crippen molar-refractivity contribution in [3.63, 3.8) is 0 Å². The smallest absolute Gasteiger partial charge is 0.252 e. The molecule has 4 heterocycles. The number of imide groups is 1. The van der Waals surface area contributed by atoms with Gasteiger partial charge in [-0.15, -0.1) is 0 Å². The lowest BCUT2D eigenvalue weighted by atomic mass is 9.82. The Morgan fingerprint density at radius 2 is 2.00 bits per heavy atom. The molecule has 0 saturated carbocycles. The lowest BCUT2D eigenvalue weighted by molar-refractivity contribution is -0.181. The van der Waals surface area contributed by atoms with Crippen LogP contribution in [0.5, 0.6) is 5.75 Å². The number of imidazole rings is 1. The molecule has 0 radical (unpaired) electrons. The molecule has 1 spiro atoms. The second kappa shape index (κ2) is 7.19. The van der Waals surface area contributed by atoms with E-state index in [2.05, 4.69) is 14.9 Å². The standard InChI is InChI=1S/C21H25N5O4/c1-30-17-4-2-14(3-5-17)8-25-19(28)18-6-16(27)10-26(18)21(20(25)29)11-24(12-21)9-15-7-22-13-23-15/h2-5,7,13,16,18,27H,6,8-12H2,1H3,(H,22,23)/t16-,18+/m1/s1. The lowest BCUT2D eigenvalue weighted by Crippen LogP contribution is -2.81. The number of ether oxygens (including phenoxy) is 1. The Hall–Kier alpha value is -2.75. The van der Waals surface area contributed by atoms with Gasteiger partial charge < -0.3 is 14.8 Å². The third kappa shape index (κ3) is 3.01. The van der Waals surface area contributed by atoms with Crippen molar-refractivity contribution in [3.05, 3.63) is 48.0 Å². The SMILES string of the molecule is COc1ccc(CN2C(=O)[C@@H]3C[C@@H](O)CN3C3(CN(Cc4cnc[nH]4)C3)C2=O)cc1. The van der Waals surface area contributed by atoms with Crippen LogP contribution in [-0.2, 0) is 22.7 Å². The number of amides is 2. The van der Waals surface area contributed by atoms with Gasteiger partial charge in [0.25, 0.3) is 5.91 Å². The molecule has 1 aromatic carbocycles. The van der Waals surface area contributed by atoms with Crippen molar-refractivity contribution in [1.29, 1.82) is 0 Å². The fourth-order valence-corrected chi connectivity index (χ4v) is 4.97. The fourth-order valence-electron chi connectivity index (χ4n) is 4.97. The Morgan fingerprint density at radius 1 is 1.23 bits per heavy atom. The Labute approximate surface area is 174 Å². The lowest BCUT2D eigenvalue weighted by Gasteiger charge is -2.58. The fraction of sp³-hybridized carbons (Fsp3) is 0.476. The molecule has 2 atom stereocenters. The van der Waals surface area contributed by atoms with Gasteiger partial charge in [0.15, 0.2) is 0 Å². The van der Waals surface area contributed by atoms with Crippen LogP contribution in [0.1, 0.15) is 17.7 Å². The number of H-pyrrole nitrogens is 1. The van der Waals surface area contributed by atoms with E-state index < -0.39 is 17.7 Å². The van der Waals surface area contributed by atoms with E-state index in [9.17, 15) is 14.7 Å². The predicted octanol–water partition coefficient (Wildman–Crippen LogP) is -0.0231. The van der Waals surface area contributed by atoms with E-state index in [-0.39, 0.29) is 18.4 Å². The van der Waals surface area contributed by atoms with Crippen molar-refractivity contribution in [3.8, 4) is 5.75 Å². The highest BCUT2D eigenvalue weighted by Gasteiger charge is 2.64. The zero-order valence-corrected chi connectivity index (χ0v) is 16.8. The number of aliphatic hydroxyl groups excluding tert-OH is 1. The van der Waals surface area contributed by atoms with Crippen molar-refractivity contribution >= 4 is 11.8 Å². The number of hydrogen-bond acceptors (Lipinski definition) is 7. The molecule has 3 saturated heterocycles. The van der Waals surface area contributed by atoms with Gasteiger partial charge in [0.2, 0.25) is 5.91 Å². The molecule has 9 nitrogen and oxygen atoms in total. The maximum Gasteiger partial charge on any atom is 0.252 e. The number of hydrogen-bond donors (Lipinski definition) is 2. The molecule has 5 rings (SSSR count). The number of piperazine rings is 1. The Bertz CT molecular complexity index is 939. The average Bonchev–Trinajstić information content (AvgIpc) is 3.37. The molecule has 1 aromatic heterocycles. The summed E-state index contributed by atoms with van der Waals surface area (Å²) in [5.41, 5.74) is 1.09. The van der Waals surface area contributed by atoms with Gasteiger partial charge in [-0.3, -0.25) is 24.3 Å². The number of nitrogens with zero attached hydrogens (tertiary/aromatic N) is 4. The third-order valence-corrected chi connectivity index (χ3v) is 6.44. The van der Waals surface area contributed by atoms with Crippen molar-refractivity contribution in [1.82, 2.24) is 24.7 Å². The first kappa shape index (κ1) is 19.2. The number of aromatic amines is 1. The van der Waals surface area contributed by atoms with Crippen LogP contribution in [0, 0.1) is 0 Å². The first-order valence-electron chi connectivity index (χ1n) is 10.1. The maximum atomic E-state index is 13.6. The van der Waals surface area contributed by atoms with Crippen LogP contribution >= 0.6 is 0 Å². The molecule has 3 aliphatic rings. The van der Waals surface area contributed by atoms with Gasteiger partial charge in [-0.2, -0.15) is 0 Å². The molecule has 158 valence electrons. The Kier molecular flexibility index (Phi) is 4.61. The van der Waals surface area contributed by atoms with E-state index in [0.29, 0.717) is 32.6 Å². The van der Waals surface area contributed by atoms with Gasteiger partial charge >= 0.3 is 0 Å². The van der Waals surface area contributed by atoms with E-state index in [1.54, 1.807) is 19.6 Å². The van der Waals surface area contributed by atoms with Crippen LogP contribution in [0.3, 0.4) is 0 Å². The van der Waals surface area contributed by atoms with Gasteiger partial charge in [0.1, 0.15) is 11.3 Å². The van der Waals surface area contributed by atoms with Gasteiger partial charge in [-0.1, -0.05) is 12.1 Å². The molecular weight excluding hydrogens is 386 g/mol. The second-order valence-electron chi connectivity index (χ2n) is 8.39. The minimum atomic E-state index is -0.761. The number of aliphatic hydroxyl groups is 1. The normalized spacial score (nSPS) is 26.1. The first-order valence-corrected chi connectivity index (χ1v) is 10.1. The largest absolute Gasteiger partial charge is 0.497 e. The van der Waals surface area contributed by atoms with Crippen LogP contribution in [0.15, 0.2) is 36.8 Å². The first-order chi connectivity index (χ1) is 14.5. The summed E-state index contributed by atoms with van der Waals surface area (Å²) in [4.78, 5) is 39.3. The van der Waals surface area contributed by atoms with Gasteiger partial charge in [-0.25, -0.2) is 4.98 Å². The number of methoxy groups -OCH3 is 1. The molecule has 3 fully saturated rings. The molecule has 2 aromatic rings. The van der Waals surface area contributed by atoms with E-state index in [1.807, 2.05) is 29.2 Å². The second-order valence-corrected chi connectivity index (χ2v) is 8.39. The number of benzene rings is 1. The van der Waals surface area contributed by atoms with Crippen LogP contribution in [0.25, 0.3) is 0 Å². The number of fused-ring (bicyclic) bond motifs is 2. The van der Waals surface area contributed by atoms with E-state index in [1.165, 1.54) is 4.90 Å². The van der Waals surface area contributed by atoms with Crippen LogP contribution < -0.4 is 4.74 Å². The number of aromatic nitrogens is 2. The highest BCUT2D eigenvalue weighted by atomic mass is 16.5. The number of carbonyl (C=O) groups is 2. The number of nitrogens with one attached hydrogen (secondary N) is 1. The third-order valence-electron chi connectivity index (χ3n) is 6.44. The molecular formula is C21H25N5O4. The summed E-state index contributed by atoms with van der Waals surface area (Å²) in [6, 6.07) is 6.93. The van der Waals surface area contributed by atoms with Crippen molar-refractivity contribution < 1.29 is 19.4 Å². The van der Waals surface area contributed by atoms with Crippen molar-refractivity contribution in [2.75, 3.05) is 26.7 Å². The van der Waals surface area contributed by atoms with Crippen LogP contribution in [-0.4, -0.2) is 86.0 Å². The van der Waals surface area contributed by atoms with Gasteiger partial charge in [-0.05, 0) is 24.1 Å². The summed E-state index contributed by atoms with van der Waals surface area (Å²) in [5, 5.41) is 10.3. The van der Waals surface area contributed by atoms with Crippen LogP contribution in [0.4, 0.5) is 0 Å². The minimum absolute atomic E-state index is 0.172. The van der Waals surface area contributed by atoms with Gasteiger partial charge in [0.05, 0.1) is 32.1 Å². The van der Waals surface area contributed by atoms with E-state index >= 15 is 0 Å². The molecule has 0 unspecified atom stereocenters. The molecule has 2 N–H and O–H groups in total. The van der Waals surface area contributed by atoms with E-state index in [4.69, 9.17) is 4.74 Å². The van der Waals surface area contributed by atoms with E-state index in [0.717, 1.165) is 17.0 Å². The molecule has 30 heavy (non-hydrogen) atoms. The molecule has 9 heteroatoms. The summed E-state index contributed by atoms with van der Waals surface area (Å²) in [5.74, 6) is 0.338. The summed E-state index contributed by atoms with van der Waals surface area (Å²) in [6.45, 7) is 2.31. The Balaban J connectivity index is 1.39. The topological polar surface area (TPSA) is 102 Å². The summed E-state index contributed by atoms with van der Waals surface area (Å²) < 4.78 is 5.19. The van der Waals surface area contributed by atoms with Crippen molar-refractivity contribution in [2.45, 2.75) is 37.2 Å². The molecule has 2 amide bonds. The number of β-amino-alcohol motifs (C(OH)–C–C–N with tert-alkyl or cyclic N) is 1. The van der Waals surface area contributed by atoms with Crippen LogP contribution in [0.2, 0.25) is 0 Å². The highest BCUT2D eigenvalue weighted by Crippen LogP contribution is 2.41. The van der Waals surface area contributed by atoms with Gasteiger partial charge in [0, 0.05) is 38.1 Å². The zero-order chi connectivity index (χ0) is 20.9. The average molecular weight is 411 g/mol. The predicted molar refractivity (Wildman–Crippen MR) is 106 cm³/mol. The molecule has 0 aliphatic carbocycles. The zero-order valence-electron chi connectivity index (χ0n) is 16.8. The summed E-state index contributed by atoms with van der Waals surface area (Å²) in [7, 11) is 1.60.